The van der Waals surface area contributed by atoms with Gasteiger partial charge in [-0.2, -0.15) is 0 Å². The highest BCUT2D eigenvalue weighted by atomic mass is 35.5. The number of hydrogen-bond donors (Lipinski definition) is 2. The Morgan fingerprint density at radius 2 is 1.76 bits per heavy atom. The summed E-state index contributed by atoms with van der Waals surface area (Å²) in [6.07, 6.45) is 0.880. The number of urea groups is 1. The summed E-state index contributed by atoms with van der Waals surface area (Å²) in [5, 5.41) is 6.03. The quantitative estimate of drug-likeness (QED) is 0.843. The van der Waals surface area contributed by atoms with Crippen LogP contribution in [0.5, 0.6) is 11.5 Å². The highest BCUT2D eigenvalue weighted by molar-refractivity contribution is 6.32. The van der Waals surface area contributed by atoms with Gasteiger partial charge in [-0.25, -0.2) is 4.79 Å². The lowest BCUT2D eigenvalue weighted by atomic mass is 10.3. The monoisotopic (exact) mass is 304 g/mol. The number of halogens is 1. The van der Waals surface area contributed by atoms with Gasteiger partial charge in [0.2, 0.25) is 0 Å². The van der Waals surface area contributed by atoms with E-state index in [4.69, 9.17) is 16.3 Å². The minimum absolute atomic E-state index is 0.257. The third-order valence-electron chi connectivity index (χ3n) is 2.73. The fraction of sp³-hybridized carbons (Fsp3) is 0.188. The number of carbonyl (C=O) groups is 1. The van der Waals surface area contributed by atoms with Crippen LogP contribution in [0, 0.1) is 0 Å². The second kappa shape index (κ2) is 7.55. The van der Waals surface area contributed by atoms with Crippen molar-refractivity contribution in [1.82, 2.24) is 5.32 Å². The van der Waals surface area contributed by atoms with Gasteiger partial charge in [-0.05, 0) is 30.7 Å². The minimum atomic E-state index is -0.257. The predicted molar refractivity (Wildman–Crippen MR) is 85.3 cm³/mol. The molecule has 2 aromatic rings. The fourth-order valence-electron chi connectivity index (χ4n) is 1.71. The predicted octanol–water partition coefficient (Wildman–Crippen LogP) is 4.66. The van der Waals surface area contributed by atoms with E-state index in [1.54, 1.807) is 24.3 Å². The molecule has 5 heteroatoms. The Kier molecular flexibility index (Phi) is 5.46. The van der Waals surface area contributed by atoms with E-state index in [2.05, 4.69) is 10.6 Å². The molecule has 0 aliphatic rings. The standard InChI is InChI=1S/C16H17ClN2O2/c1-2-11-18-16(20)19-13-8-4-6-10-15(13)21-14-9-5-3-7-12(14)17/h3-10H,2,11H2,1H3,(H2,18,19,20). The van der Waals surface area contributed by atoms with Crippen molar-refractivity contribution in [3.05, 3.63) is 53.6 Å². The van der Waals surface area contributed by atoms with Gasteiger partial charge < -0.3 is 15.4 Å². The van der Waals surface area contributed by atoms with E-state index in [0.29, 0.717) is 28.8 Å². The second-order valence-electron chi connectivity index (χ2n) is 4.41. The lowest BCUT2D eigenvalue weighted by molar-refractivity contribution is 0.252. The minimum Gasteiger partial charge on any atom is -0.454 e. The maximum absolute atomic E-state index is 11.7. The first-order chi connectivity index (χ1) is 10.2. The summed E-state index contributed by atoms with van der Waals surface area (Å²) in [6.45, 7) is 2.62. The zero-order valence-corrected chi connectivity index (χ0v) is 12.5. The molecule has 0 heterocycles. The van der Waals surface area contributed by atoms with Gasteiger partial charge in [-0.1, -0.05) is 42.8 Å². The molecule has 0 aliphatic carbocycles. The molecule has 0 saturated heterocycles. The van der Waals surface area contributed by atoms with Crippen LogP contribution in [0.25, 0.3) is 0 Å². The molecule has 2 rings (SSSR count). The Morgan fingerprint density at radius 3 is 2.48 bits per heavy atom. The number of amides is 2. The van der Waals surface area contributed by atoms with Gasteiger partial charge in [0.05, 0.1) is 10.7 Å². The van der Waals surface area contributed by atoms with Crippen molar-refractivity contribution in [2.24, 2.45) is 0 Å². The number of anilines is 1. The topological polar surface area (TPSA) is 50.4 Å². The first-order valence-electron chi connectivity index (χ1n) is 6.77. The molecule has 0 aromatic heterocycles. The summed E-state index contributed by atoms with van der Waals surface area (Å²) in [5.41, 5.74) is 0.589. The summed E-state index contributed by atoms with van der Waals surface area (Å²) in [4.78, 5) is 11.7. The molecule has 2 amide bonds. The number of hydrogen-bond acceptors (Lipinski definition) is 2. The van der Waals surface area contributed by atoms with E-state index in [9.17, 15) is 4.79 Å². The van der Waals surface area contributed by atoms with Crippen molar-refractivity contribution in [1.29, 1.82) is 0 Å². The average Bonchev–Trinajstić information content (AvgIpc) is 2.49. The molecule has 0 unspecified atom stereocenters. The molecule has 21 heavy (non-hydrogen) atoms. The van der Waals surface area contributed by atoms with Crippen LogP contribution in [0.15, 0.2) is 48.5 Å². The van der Waals surface area contributed by atoms with Gasteiger partial charge in [0.15, 0.2) is 5.75 Å². The first kappa shape index (κ1) is 15.2. The Balaban J connectivity index is 2.13. The van der Waals surface area contributed by atoms with Gasteiger partial charge in [-0.15, -0.1) is 0 Å². The van der Waals surface area contributed by atoms with Gasteiger partial charge in [0, 0.05) is 6.54 Å². The molecule has 0 bridgehead atoms. The SMILES string of the molecule is CCCNC(=O)Nc1ccccc1Oc1ccccc1Cl. The number of benzene rings is 2. The molecule has 0 aliphatic heterocycles. The Labute approximate surface area is 129 Å². The van der Waals surface area contributed by atoms with Crippen LogP contribution in [0.1, 0.15) is 13.3 Å². The molecule has 2 N–H and O–H groups in total. The van der Waals surface area contributed by atoms with Gasteiger partial charge in [-0.3, -0.25) is 0 Å². The Bertz CT molecular complexity index is 617. The van der Waals surface area contributed by atoms with Gasteiger partial charge >= 0.3 is 6.03 Å². The molecular weight excluding hydrogens is 288 g/mol. The molecule has 2 aromatic carbocycles. The van der Waals surface area contributed by atoms with Crippen LogP contribution >= 0.6 is 11.6 Å². The van der Waals surface area contributed by atoms with Crippen molar-refractivity contribution >= 4 is 23.3 Å². The molecule has 4 nitrogen and oxygen atoms in total. The molecule has 0 saturated carbocycles. The van der Waals surface area contributed by atoms with E-state index >= 15 is 0 Å². The lowest BCUT2D eigenvalue weighted by Gasteiger charge is -2.13. The number of rotatable bonds is 5. The highest BCUT2D eigenvalue weighted by Crippen LogP contribution is 2.33. The number of nitrogens with one attached hydrogen (secondary N) is 2. The van der Waals surface area contributed by atoms with Crippen LogP contribution in [0.2, 0.25) is 5.02 Å². The van der Waals surface area contributed by atoms with Crippen LogP contribution in [0.4, 0.5) is 10.5 Å². The maximum Gasteiger partial charge on any atom is 0.319 e. The molecular formula is C16H17ClN2O2. The van der Waals surface area contributed by atoms with Crippen molar-refractivity contribution in [3.8, 4) is 11.5 Å². The van der Waals surface area contributed by atoms with E-state index in [1.165, 1.54) is 0 Å². The number of para-hydroxylation sites is 3. The third-order valence-corrected chi connectivity index (χ3v) is 3.04. The molecule has 0 spiro atoms. The second-order valence-corrected chi connectivity index (χ2v) is 4.82. The molecule has 110 valence electrons. The summed E-state index contributed by atoms with van der Waals surface area (Å²) in [5.74, 6) is 1.08. The Hall–Kier alpha value is -2.20. The fourth-order valence-corrected chi connectivity index (χ4v) is 1.88. The van der Waals surface area contributed by atoms with Gasteiger partial charge in [0.1, 0.15) is 5.75 Å². The summed E-state index contributed by atoms with van der Waals surface area (Å²) < 4.78 is 5.77. The van der Waals surface area contributed by atoms with E-state index in [1.807, 2.05) is 31.2 Å². The van der Waals surface area contributed by atoms with Crippen LogP contribution in [-0.4, -0.2) is 12.6 Å². The summed E-state index contributed by atoms with van der Waals surface area (Å²) in [7, 11) is 0. The first-order valence-corrected chi connectivity index (χ1v) is 7.14. The van der Waals surface area contributed by atoms with Crippen LogP contribution in [0.3, 0.4) is 0 Å². The van der Waals surface area contributed by atoms with E-state index < -0.39 is 0 Å². The van der Waals surface area contributed by atoms with Crippen molar-refractivity contribution in [2.45, 2.75) is 13.3 Å². The number of carbonyl (C=O) groups excluding carboxylic acids is 1. The average molecular weight is 305 g/mol. The summed E-state index contributed by atoms with van der Waals surface area (Å²) >= 11 is 6.08. The zero-order chi connectivity index (χ0) is 15.1. The summed E-state index contributed by atoms with van der Waals surface area (Å²) in [6, 6.07) is 14.2. The maximum atomic E-state index is 11.7. The molecule has 0 radical (unpaired) electrons. The molecule has 0 fully saturated rings. The smallest absolute Gasteiger partial charge is 0.319 e. The van der Waals surface area contributed by atoms with E-state index in [-0.39, 0.29) is 6.03 Å². The highest BCUT2D eigenvalue weighted by Gasteiger charge is 2.09. The number of ether oxygens (including phenoxy) is 1. The lowest BCUT2D eigenvalue weighted by Crippen LogP contribution is -2.29. The molecule has 0 atom stereocenters. The van der Waals surface area contributed by atoms with Crippen molar-refractivity contribution in [3.63, 3.8) is 0 Å². The largest absolute Gasteiger partial charge is 0.454 e. The van der Waals surface area contributed by atoms with Crippen molar-refractivity contribution < 1.29 is 9.53 Å². The Morgan fingerprint density at radius 1 is 1.10 bits per heavy atom. The van der Waals surface area contributed by atoms with Crippen molar-refractivity contribution in [2.75, 3.05) is 11.9 Å². The van der Waals surface area contributed by atoms with Crippen LogP contribution < -0.4 is 15.4 Å². The third kappa shape index (κ3) is 4.39. The normalized spacial score (nSPS) is 10.0. The van der Waals surface area contributed by atoms with Crippen LogP contribution in [-0.2, 0) is 0 Å². The van der Waals surface area contributed by atoms with Gasteiger partial charge in [0.25, 0.3) is 0 Å². The zero-order valence-electron chi connectivity index (χ0n) is 11.7. The van der Waals surface area contributed by atoms with E-state index in [0.717, 1.165) is 6.42 Å².